The van der Waals surface area contributed by atoms with Crippen molar-refractivity contribution in [1.29, 1.82) is 0 Å². The predicted octanol–water partition coefficient (Wildman–Crippen LogP) is 2.68. The molecule has 30 heavy (non-hydrogen) atoms. The average Bonchev–Trinajstić information content (AvgIpc) is 2.68. The fourth-order valence-corrected chi connectivity index (χ4v) is 3.12. The van der Waals surface area contributed by atoms with Crippen LogP contribution in [0.5, 0.6) is 5.75 Å². The molecule has 3 N–H and O–H groups in total. The lowest BCUT2D eigenvalue weighted by Crippen LogP contribution is -2.46. The molecule has 1 aromatic heterocycles. The highest BCUT2D eigenvalue weighted by molar-refractivity contribution is 5.98. The van der Waals surface area contributed by atoms with Gasteiger partial charge < -0.3 is 15.4 Å². The molecule has 164 valence electrons. The van der Waals surface area contributed by atoms with E-state index in [2.05, 4.69) is 4.98 Å². The first kappa shape index (κ1) is 23.3. The molecule has 0 saturated heterocycles. The number of carbonyl (C=O) groups is 1. The zero-order chi connectivity index (χ0) is 22.4. The van der Waals surface area contributed by atoms with E-state index in [9.17, 15) is 14.4 Å². The number of nitrogens with one attached hydrogen (secondary N) is 1. The number of nitrogens with two attached hydrogens (primary N) is 1. The van der Waals surface area contributed by atoms with Gasteiger partial charge >= 0.3 is 5.69 Å². The maximum absolute atomic E-state index is 13.2. The Morgan fingerprint density at radius 2 is 1.83 bits per heavy atom. The van der Waals surface area contributed by atoms with Crippen LogP contribution in [0.3, 0.4) is 0 Å². The van der Waals surface area contributed by atoms with Gasteiger partial charge in [0.2, 0.25) is 0 Å². The molecule has 0 aliphatic heterocycles. The topological polar surface area (TPSA) is 110 Å². The molecule has 0 saturated carbocycles. The first-order valence-corrected chi connectivity index (χ1v) is 10.3. The van der Waals surface area contributed by atoms with Crippen LogP contribution in [0.2, 0.25) is 0 Å². The summed E-state index contributed by atoms with van der Waals surface area (Å²) in [6.45, 7) is 10.1. The molecule has 1 heterocycles. The summed E-state index contributed by atoms with van der Waals surface area (Å²) < 4.78 is 7.10. The summed E-state index contributed by atoms with van der Waals surface area (Å²) in [4.78, 5) is 41.8. The van der Waals surface area contributed by atoms with Gasteiger partial charge in [0.15, 0.2) is 11.8 Å². The number of anilines is 2. The lowest BCUT2D eigenvalue weighted by Gasteiger charge is -2.27. The summed E-state index contributed by atoms with van der Waals surface area (Å²) >= 11 is 0. The van der Waals surface area contributed by atoms with Crippen LogP contribution in [0.25, 0.3) is 0 Å². The van der Waals surface area contributed by atoms with Crippen LogP contribution in [0, 0.1) is 12.8 Å². The van der Waals surface area contributed by atoms with Crippen LogP contribution in [0.4, 0.5) is 11.5 Å². The highest BCUT2D eigenvalue weighted by Gasteiger charge is 2.28. The number of aromatic nitrogens is 2. The predicted molar refractivity (Wildman–Crippen MR) is 119 cm³/mol. The largest absolute Gasteiger partial charge is 0.481 e. The fraction of sp³-hybridized carbons (Fsp3) is 0.500. The lowest BCUT2D eigenvalue weighted by atomic mass is 10.2. The maximum Gasteiger partial charge on any atom is 0.330 e. The summed E-state index contributed by atoms with van der Waals surface area (Å²) in [5.74, 6) is 0.288. The van der Waals surface area contributed by atoms with Crippen LogP contribution in [0.1, 0.15) is 46.1 Å². The molecule has 1 unspecified atom stereocenters. The summed E-state index contributed by atoms with van der Waals surface area (Å²) in [6.07, 6.45) is 0.653. The Balaban J connectivity index is 2.43. The first-order chi connectivity index (χ1) is 14.1. The third-order valence-corrected chi connectivity index (χ3v) is 4.71. The molecule has 8 nitrogen and oxygen atoms in total. The highest BCUT2D eigenvalue weighted by atomic mass is 16.5. The number of H-pyrrole nitrogens is 1. The number of nitrogens with zero attached hydrogens (tertiary/aromatic N) is 2. The van der Waals surface area contributed by atoms with E-state index in [1.54, 1.807) is 19.1 Å². The Labute approximate surface area is 176 Å². The van der Waals surface area contributed by atoms with Crippen LogP contribution < -0.4 is 26.6 Å². The van der Waals surface area contributed by atoms with Crippen molar-refractivity contribution in [2.24, 2.45) is 5.92 Å². The Hall–Kier alpha value is -3.03. The Kier molecular flexibility index (Phi) is 7.86. The number of hydrogen-bond acceptors (Lipinski definition) is 5. The normalized spacial score (nSPS) is 12.1. The van der Waals surface area contributed by atoms with E-state index in [0.29, 0.717) is 25.3 Å². The average molecular weight is 417 g/mol. The molecule has 0 spiro atoms. The van der Waals surface area contributed by atoms with Gasteiger partial charge in [-0.1, -0.05) is 44.9 Å². The zero-order valence-corrected chi connectivity index (χ0v) is 18.4. The third kappa shape index (κ3) is 5.52. The first-order valence-electron chi connectivity index (χ1n) is 10.3. The summed E-state index contributed by atoms with van der Waals surface area (Å²) in [6, 6.07) is 7.37. The van der Waals surface area contributed by atoms with Crippen molar-refractivity contribution in [1.82, 2.24) is 9.55 Å². The minimum atomic E-state index is -0.839. The number of rotatable bonds is 9. The van der Waals surface area contributed by atoms with Crippen LogP contribution in [-0.4, -0.2) is 28.1 Å². The van der Waals surface area contributed by atoms with Crippen molar-refractivity contribution in [3.05, 3.63) is 50.7 Å². The molecule has 0 aliphatic carbocycles. The molecule has 2 rings (SSSR count). The molecule has 1 atom stereocenters. The standard InChI is InChI=1S/C22H32N4O4/c1-6-7-12-25(21(28)16(5)30-17-10-8-15(4)9-11-17)18-19(23)26(13-14(2)3)22(29)24-20(18)27/h8-11,14,16H,6-7,12-13,23H2,1-5H3,(H,24,27,29). The number of nitrogen functional groups attached to an aromatic ring is 1. The van der Waals surface area contributed by atoms with E-state index in [-0.39, 0.29) is 17.4 Å². The van der Waals surface area contributed by atoms with Gasteiger partial charge in [0, 0.05) is 13.1 Å². The number of hydrogen-bond donors (Lipinski definition) is 2. The van der Waals surface area contributed by atoms with E-state index in [4.69, 9.17) is 10.5 Å². The fourth-order valence-electron chi connectivity index (χ4n) is 3.12. The quantitative estimate of drug-likeness (QED) is 0.653. The van der Waals surface area contributed by atoms with Gasteiger partial charge in [0.1, 0.15) is 11.6 Å². The maximum atomic E-state index is 13.2. The monoisotopic (exact) mass is 416 g/mol. The number of aryl methyl sites for hydroxylation is 1. The van der Waals surface area contributed by atoms with Crippen molar-refractivity contribution in [2.75, 3.05) is 17.2 Å². The van der Waals surface area contributed by atoms with Gasteiger partial charge in [-0.3, -0.25) is 19.1 Å². The second-order valence-electron chi connectivity index (χ2n) is 7.91. The second-order valence-corrected chi connectivity index (χ2v) is 7.91. The Morgan fingerprint density at radius 1 is 1.20 bits per heavy atom. The number of benzene rings is 1. The SMILES string of the molecule is CCCCN(C(=O)C(C)Oc1ccc(C)cc1)c1c(N)n(CC(C)C)c(=O)[nH]c1=O. The van der Waals surface area contributed by atoms with Crippen molar-refractivity contribution in [3.63, 3.8) is 0 Å². The van der Waals surface area contributed by atoms with Crippen LogP contribution in [-0.2, 0) is 11.3 Å². The van der Waals surface area contributed by atoms with Crippen LogP contribution >= 0.6 is 0 Å². The van der Waals surface area contributed by atoms with Crippen molar-refractivity contribution in [3.8, 4) is 5.75 Å². The number of carbonyl (C=O) groups excluding carboxylic acids is 1. The Morgan fingerprint density at radius 3 is 2.40 bits per heavy atom. The van der Waals surface area contributed by atoms with Gasteiger partial charge in [-0.15, -0.1) is 0 Å². The molecular formula is C22H32N4O4. The van der Waals surface area contributed by atoms with E-state index >= 15 is 0 Å². The lowest BCUT2D eigenvalue weighted by molar-refractivity contribution is -0.124. The molecule has 8 heteroatoms. The summed E-state index contributed by atoms with van der Waals surface area (Å²) in [7, 11) is 0. The summed E-state index contributed by atoms with van der Waals surface area (Å²) in [5, 5.41) is 0. The minimum absolute atomic E-state index is 0.00643. The molecule has 0 bridgehead atoms. The highest BCUT2D eigenvalue weighted by Crippen LogP contribution is 2.21. The minimum Gasteiger partial charge on any atom is -0.481 e. The number of unbranched alkanes of at least 4 members (excludes halogenated alkanes) is 1. The second kappa shape index (κ2) is 10.1. The van der Waals surface area contributed by atoms with E-state index < -0.39 is 23.3 Å². The molecule has 0 fully saturated rings. The van der Waals surface area contributed by atoms with Crippen molar-refractivity contribution in [2.45, 2.75) is 60.1 Å². The van der Waals surface area contributed by atoms with Gasteiger partial charge in [-0.2, -0.15) is 0 Å². The smallest absolute Gasteiger partial charge is 0.330 e. The van der Waals surface area contributed by atoms with Gasteiger partial charge in [-0.05, 0) is 38.3 Å². The molecule has 2 aromatic rings. The number of aromatic amines is 1. The molecule has 1 aromatic carbocycles. The number of amides is 1. The zero-order valence-electron chi connectivity index (χ0n) is 18.4. The molecule has 0 radical (unpaired) electrons. The van der Waals surface area contributed by atoms with Crippen molar-refractivity contribution < 1.29 is 9.53 Å². The van der Waals surface area contributed by atoms with Gasteiger partial charge in [-0.25, -0.2) is 4.79 Å². The van der Waals surface area contributed by atoms with E-state index in [1.165, 1.54) is 9.47 Å². The van der Waals surface area contributed by atoms with E-state index in [1.807, 2.05) is 39.8 Å². The van der Waals surface area contributed by atoms with Gasteiger partial charge in [0.25, 0.3) is 11.5 Å². The van der Waals surface area contributed by atoms with Gasteiger partial charge in [0.05, 0.1) is 0 Å². The Bertz CT molecular complexity index is 976. The van der Waals surface area contributed by atoms with Crippen molar-refractivity contribution >= 4 is 17.4 Å². The molecule has 0 aliphatic rings. The van der Waals surface area contributed by atoms with E-state index in [0.717, 1.165) is 12.0 Å². The third-order valence-electron chi connectivity index (χ3n) is 4.71. The molecule has 1 amide bonds. The molecular weight excluding hydrogens is 384 g/mol. The summed E-state index contributed by atoms with van der Waals surface area (Å²) in [5.41, 5.74) is 6.04. The number of ether oxygens (including phenoxy) is 1. The van der Waals surface area contributed by atoms with Crippen LogP contribution in [0.15, 0.2) is 33.9 Å².